The van der Waals surface area contributed by atoms with Gasteiger partial charge in [-0.15, -0.1) is 24.8 Å². The van der Waals surface area contributed by atoms with E-state index in [9.17, 15) is 4.39 Å². The van der Waals surface area contributed by atoms with Crippen LogP contribution in [0.5, 0.6) is 0 Å². The van der Waals surface area contributed by atoms with Crippen molar-refractivity contribution in [2.75, 3.05) is 26.2 Å². The fourth-order valence-electron chi connectivity index (χ4n) is 3.92. The van der Waals surface area contributed by atoms with Crippen molar-refractivity contribution in [1.29, 1.82) is 0 Å². The molecule has 0 aromatic heterocycles. The summed E-state index contributed by atoms with van der Waals surface area (Å²) in [6.07, 6.45) is 6.23. The van der Waals surface area contributed by atoms with Crippen molar-refractivity contribution < 1.29 is 4.39 Å². The highest BCUT2D eigenvalue weighted by molar-refractivity contribution is 6.31. The van der Waals surface area contributed by atoms with E-state index in [4.69, 9.17) is 11.6 Å². The highest BCUT2D eigenvalue weighted by atomic mass is 35.5. The Bertz CT molecular complexity index is 437. The van der Waals surface area contributed by atoms with Crippen molar-refractivity contribution in [3.05, 3.63) is 34.6 Å². The van der Waals surface area contributed by atoms with Gasteiger partial charge in [0, 0.05) is 42.8 Å². The van der Waals surface area contributed by atoms with Crippen molar-refractivity contribution >= 4 is 36.4 Å². The van der Waals surface area contributed by atoms with Crippen LogP contribution in [0.1, 0.15) is 43.7 Å². The minimum absolute atomic E-state index is 0. The molecule has 2 aliphatic rings. The topological polar surface area (TPSA) is 15.3 Å². The van der Waals surface area contributed by atoms with Gasteiger partial charge >= 0.3 is 0 Å². The van der Waals surface area contributed by atoms with Crippen LogP contribution in [0.25, 0.3) is 0 Å². The maximum absolute atomic E-state index is 14.5. The predicted octanol–water partition coefficient (Wildman–Crippen LogP) is 4.85. The van der Waals surface area contributed by atoms with E-state index in [2.05, 4.69) is 10.2 Å². The molecule has 0 amide bonds. The van der Waals surface area contributed by atoms with E-state index in [0.29, 0.717) is 10.9 Å². The van der Waals surface area contributed by atoms with Gasteiger partial charge in [-0.3, -0.25) is 4.90 Å². The zero-order chi connectivity index (χ0) is 14.7. The van der Waals surface area contributed by atoms with E-state index in [1.165, 1.54) is 32.1 Å². The van der Waals surface area contributed by atoms with Gasteiger partial charge in [-0.1, -0.05) is 36.9 Å². The second-order valence-electron chi connectivity index (χ2n) is 6.26. The summed E-state index contributed by atoms with van der Waals surface area (Å²) in [5.74, 6) is 0.392. The van der Waals surface area contributed by atoms with Crippen molar-refractivity contribution in [2.24, 2.45) is 5.92 Å². The van der Waals surface area contributed by atoms with E-state index in [1.54, 1.807) is 12.1 Å². The molecule has 1 saturated carbocycles. The summed E-state index contributed by atoms with van der Waals surface area (Å²) >= 11 is 6.38. The molecule has 1 N–H and O–H groups in total. The number of halogens is 4. The molecule has 6 heteroatoms. The van der Waals surface area contributed by atoms with Crippen LogP contribution in [-0.2, 0) is 0 Å². The van der Waals surface area contributed by atoms with Crippen LogP contribution in [0.3, 0.4) is 0 Å². The molecule has 1 aliphatic carbocycles. The van der Waals surface area contributed by atoms with Gasteiger partial charge in [-0.2, -0.15) is 0 Å². The molecule has 23 heavy (non-hydrogen) atoms. The molecule has 1 aromatic carbocycles. The highest BCUT2D eigenvalue weighted by Crippen LogP contribution is 2.41. The quantitative estimate of drug-likeness (QED) is 0.802. The fraction of sp³-hybridized carbons (Fsp3) is 0.647. The third kappa shape index (κ3) is 4.96. The minimum Gasteiger partial charge on any atom is -0.314 e. The number of benzene rings is 1. The lowest BCUT2D eigenvalue weighted by molar-refractivity contribution is 0.101. The van der Waals surface area contributed by atoms with Crippen LogP contribution in [-0.4, -0.2) is 31.1 Å². The number of hydrogen-bond acceptors (Lipinski definition) is 2. The zero-order valence-electron chi connectivity index (χ0n) is 13.3. The van der Waals surface area contributed by atoms with E-state index in [-0.39, 0.29) is 36.7 Å². The van der Waals surface area contributed by atoms with Crippen LogP contribution in [0, 0.1) is 11.7 Å². The second kappa shape index (κ2) is 10.0. The lowest BCUT2D eigenvalue weighted by atomic mass is 9.80. The number of rotatable bonds is 3. The number of nitrogens with zero attached hydrogens (tertiary/aromatic N) is 1. The van der Waals surface area contributed by atoms with Gasteiger partial charge in [0.05, 0.1) is 0 Å². The van der Waals surface area contributed by atoms with Gasteiger partial charge < -0.3 is 5.32 Å². The van der Waals surface area contributed by atoms with Crippen LogP contribution in [0.4, 0.5) is 4.39 Å². The zero-order valence-corrected chi connectivity index (χ0v) is 15.7. The van der Waals surface area contributed by atoms with Crippen LogP contribution < -0.4 is 5.32 Å². The Morgan fingerprint density at radius 1 is 1.09 bits per heavy atom. The first-order valence-electron chi connectivity index (χ1n) is 8.16. The van der Waals surface area contributed by atoms with Gasteiger partial charge in [0.2, 0.25) is 0 Å². The molecule has 132 valence electrons. The van der Waals surface area contributed by atoms with E-state index in [1.807, 2.05) is 6.07 Å². The second-order valence-corrected chi connectivity index (χ2v) is 6.67. The van der Waals surface area contributed by atoms with Gasteiger partial charge in [-0.25, -0.2) is 4.39 Å². The monoisotopic (exact) mass is 382 g/mol. The van der Waals surface area contributed by atoms with Gasteiger partial charge in [0.25, 0.3) is 0 Å². The lowest BCUT2D eigenvalue weighted by Gasteiger charge is -2.41. The van der Waals surface area contributed by atoms with Crippen molar-refractivity contribution in [3.63, 3.8) is 0 Å². The largest absolute Gasteiger partial charge is 0.314 e. The standard InChI is InChI=1S/C17H24ClFN2.2ClH/c18-14-7-4-8-15(19)16(14)17(13-5-2-1-3-6-13)21-11-9-20-10-12-21;;/h4,7-8,13,17,20H,1-3,5-6,9-12H2;2*1H/t17-;;/m1../s1. The van der Waals surface area contributed by atoms with Crippen molar-refractivity contribution in [1.82, 2.24) is 10.2 Å². The third-order valence-corrected chi connectivity index (χ3v) is 5.27. The predicted molar refractivity (Wildman–Crippen MR) is 99.7 cm³/mol. The molecular formula is C17H26Cl3FN2. The lowest BCUT2D eigenvalue weighted by Crippen LogP contribution is -2.47. The summed E-state index contributed by atoms with van der Waals surface area (Å²) in [5.41, 5.74) is 0.730. The average Bonchev–Trinajstić information content (AvgIpc) is 2.53. The number of nitrogens with one attached hydrogen (secondary N) is 1. The minimum atomic E-state index is -0.142. The molecule has 0 bridgehead atoms. The molecule has 2 nitrogen and oxygen atoms in total. The first-order chi connectivity index (χ1) is 10.3. The Labute approximate surface area is 156 Å². The summed E-state index contributed by atoms with van der Waals surface area (Å²) in [6.45, 7) is 3.92. The molecular weight excluding hydrogens is 358 g/mol. The van der Waals surface area contributed by atoms with E-state index in [0.717, 1.165) is 31.7 Å². The van der Waals surface area contributed by atoms with Crippen LogP contribution >= 0.6 is 36.4 Å². The van der Waals surface area contributed by atoms with Crippen molar-refractivity contribution in [3.8, 4) is 0 Å². The molecule has 2 fully saturated rings. The Kier molecular flexibility index (Phi) is 9.17. The first kappa shape index (κ1) is 21.0. The molecule has 1 aliphatic heterocycles. The Balaban J connectivity index is 0.00000132. The normalized spacial score (nSPS) is 21.1. The third-order valence-electron chi connectivity index (χ3n) is 4.94. The first-order valence-corrected chi connectivity index (χ1v) is 8.54. The maximum Gasteiger partial charge on any atom is 0.129 e. The molecule has 1 heterocycles. The summed E-state index contributed by atoms with van der Waals surface area (Å²) in [5, 5.41) is 3.97. The SMILES string of the molecule is Cl.Cl.Fc1cccc(Cl)c1[C@@H](C1CCCCC1)N1CCNCC1. The molecule has 0 spiro atoms. The Hall–Kier alpha value is -0.0600. The Morgan fingerprint density at radius 2 is 1.74 bits per heavy atom. The summed E-state index contributed by atoms with van der Waals surface area (Å²) in [7, 11) is 0. The molecule has 1 aromatic rings. The van der Waals surface area contributed by atoms with Crippen molar-refractivity contribution in [2.45, 2.75) is 38.1 Å². The van der Waals surface area contributed by atoms with E-state index < -0.39 is 0 Å². The molecule has 0 radical (unpaired) electrons. The number of piperazine rings is 1. The fourth-order valence-corrected chi connectivity index (χ4v) is 4.19. The number of hydrogen-bond donors (Lipinski definition) is 1. The van der Waals surface area contributed by atoms with Gasteiger partial charge in [0.1, 0.15) is 5.82 Å². The summed E-state index contributed by atoms with van der Waals surface area (Å²) in [4.78, 5) is 2.44. The maximum atomic E-state index is 14.5. The van der Waals surface area contributed by atoms with Crippen LogP contribution in [0.2, 0.25) is 5.02 Å². The Morgan fingerprint density at radius 3 is 2.35 bits per heavy atom. The van der Waals surface area contributed by atoms with Gasteiger partial charge in [0.15, 0.2) is 0 Å². The van der Waals surface area contributed by atoms with Gasteiger partial charge in [-0.05, 0) is 30.9 Å². The average molecular weight is 384 g/mol. The molecule has 0 unspecified atom stereocenters. The smallest absolute Gasteiger partial charge is 0.129 e. The molecule has 3 rings (SSSR count). The van der Waals surface area contributed by atoms with E-state index >= 15 is 0 Å². The molecule has 1 atom stereocenters. The van der Waals surface area contributed by atoms with Crippen LogP contribution in [0.15, 0.2) is 18.2 Å². The summed E-state index contributed by atoms with van der Waals surface area (Å²) in [6, 6.07) is 5.23. The highest BCUT2D eigenvalue weighted by Gasteiger charge is 2.33. The molecule has 1 saturated heterocycles. The summed E-state index contributed by atoms with van der Waals surface area (Å²) < 4.78 is 14.5.